The summed E-state index contributed by atoms with van der Waals surface area (Å²) >= 11 is 0. The summed E-state index contributed by atoms with van der Waals surface area (Å²) in [5, 5.41) is 14.6. The molecule has 1 saturated heterocycles. The number of halogens is 2. The fourth-order valence-corrected chi connectivity index (χ4v) is 5.09. The van der Waals surface area contributed by atoms with Crippen molar-refractivity contribution in [2.45, 2.75) is 31.8 Å². The van der Waals surface area contributed by atoms with Gasteiger partial charge >= 0.3 is 6.03 Å². The third-order valence-corrected chi connectivity index (χ3v) is 7.17. The number of hydrogen-bond donors (Lipinski definition) is 3. The molecule has 0 saturated carbocycles. The van der Waals surface area contributed by atoms with Gasteiger partial charge in [0.25, 0.3) is 5.91 Å². The highest BCUT2D eigenvalue weighted by molar-refractivity contribution is 6.88. The summed E-state index contributed by atoms with van der Waals surface area (Å²) in [4.78, 5) is 26.9. The Hall–Kier alpha value is -2.98. The van der Waals surface area contributed by atoms with E-state index in [1.807, 2.05) is 19.6 Å². The number of aliphatic hydroxyl groups excluding tert-OH is 1. The number of nitrogens with zero attached hydrogens (tertiary/aromatic N) is 1. The maximum atomic E-state index is 14.6. The van der Waals surface area contributed by atoms with Crippen LogP contribution in [0.2, 0.25) is 19.6 Å². The van der Waals surface area contributed by atoms with Crippen molar-refractivity contribution in [2.24, 2.45) is 0 Å². The van der Waals surface area contributed by atoms with Crippen molar-refractivity contribution in [3.05, 3.63) is 53.6 Å². The Morgan fingerprint density at radius 2 is 1.69 bits per heavy atom. The first kappa shape index (κ1) is 23.7. The van der Waals surface area contributed by atoms with Crippen LogP contribution in [0.4, 0.5) is 19.3 Å². The first-order valence-corrected chi connectivity index (χ1v) is 13.7. The first-order valence-electron chi connectivity index (χ1n) is 10.2. The molecule has 0 bridgehead atoms. The van der Waals surface area contributed by atoms with Crippen LogP contribution in [0.25, 0.3) is 0 Å². The Labute approximate surface area is 186 Å². The molecule has 0 radical (unpaired) electrons. The monoisotopic (exact) mass is 463 g/mol. The average molecular weight is 464 g/mol. The topological polar surface area (TPSA) is 90.9 Å². The molecule has 2 aromatic rings. The summed E-state index contributed by atoms with van der Waals surface area (Å²) in [5.41, 5.74) is 0.413. The average Bonchev–Trinajstić information content (AvgIpc) is 2.67. The van der Waals surface area contributed by atoms with Crippen molar-refractivity contribution >= 4 is 30.9 Å². The van der Waals surface area contributed by atoms with Crippen LogP contribution >= 0.6 is 0 Å². The summed E-state index contributed by atoms with van der Waals surface area (Å²) in [6, 6.07) is 7.02. The molecule has 10 heteroatoms. The number of urea groups is 1. The zero-order valence-corrected chi connectivity index (χ0v) is 19.4. The molecule has 3 rings (SSSR count). The number of β-amino-alcohol motifs (C(OH)–C–C–N with tert-alkyl or cyclic N) is 1. The Balaban J connectivity index is 1.85. The number of benzene rings is 2. The van der Waals surface area contributed by atoms with Crippen LogP contribution in [-0.4, -0.2) is 56.3 Å². The SMILES string of the molecule is COc1ccc(C(NC(=O)N2CC(O)C2)C(=O)Nc2cc(F)c([Si](C)(C)C)c(F)c2)cc1. The molecule has 3 amide bonds. The molecule has 1 aliphatic rings. The number of amides is 3. The molecule has 7 nitrogen and oxygen atoms in total. The minimum atomic E-state index is -2.26. The van der Waals surface area contributed by atoms with Gasteiger partial charge in [0.1, 0.15) is 23.4 Å². The zero-order chi connectivity index (χ0) is 23.6. The lowest BCUT2D eigenvalue weighted by Gasteiger charge is -2.36. The molecule has 1 aliphatic heterocycles. The predicted molar refractivity (Wildman–Crippen MR) is 120 cm³/mol. The number of nitrogens with one attached hydrogen (secondary N) is 2. The van der Waals surface area contributed by atoms with Crippen molar-refractivity contribution in [2.75, 3.05) is 25.5 Å². The molecule has 32 heavy (non-hydrogen) atoms. The Kier molecular flexibility index (Phi) is 6.84. The number of carbonyl (C=O) groups excluding carboxylic acids is 2. The third-order valence-electron chi connectivity index (χ3n) is 5.19. The second kappa shape index (κ2) is 9.25. The van der Waals surface area contributed by atoms with Crippen molar-refractivity contribution < 1.29 is 28.2 Å². The lowest BCUT2D eigenvalue weighted by Crippen LogP contribution is -2.57. The fraction of sp³-hybridized carbons (Fsp3) is 0.364. The molecule has 3 N–H and O–H groups in total. The number of likely N-dealkylation sites (tertiary alicyclic amines) is 1. The molecular weight excluding hydrogens is 436 g/mol. The van der Waals surface area contributed by atoms with Gasteiger partial charge in [0, 0.05) is 10.9 Å². The summed E-state index contributed by atoms with van der Waals surface area (Å²) in [5.74, 6) is -1.52. The molecule has 172 valence electrons. The Morgan fingerprint density at radius 1 is 1.12 bits per heavy atom. The molecule has 2 aromatic carbocycles. The first-order chi connectivity index (χ1) is 15.0. The largest absolute Gasteiger partial charge is 0.497 e. The van der Waals surface area contributed by atoms with Gasteiger partial charge in [-0.25, -0.2) is 13.6 Å². The van der Waals surface area contributed by atoms with Crippen LogP contribution in [0.1, 0.15) is 11.6 Å². The van der Waals surface area contributed by atoms with E-state index in [0.717, 1.165) is 12.1 Å². The summed E-state index contributed by atoms with van der Waals surface area (Å²) in [7, 11) is -0.761. The predicted octanol–water partition coefficient (Wildman–Crippen LogP) is 2.58. The molecule has 1 heterocycles. The van der Waals surface area contributed by atoms with Gasteiger partial charge in [-0.2, -0.15) is 0 Å². The van der Waals surface area contributed by atoms with Crippen LogP contribution in [0, 0.1) is 11.6 Å². The third kappa shape index (κ3) is 5.25. The van der Waals surface area contributed by atoms with Gasteiger partial charge < -0.3 is 25.4 Å². The van der Waals surface area contributed by atoms with Crippen molar-refractivity contribution in [3.8, 4) is 5.75 Å². The van der Waals surface area contributed by atoms with Gasteiger partial charge in [-0.15, -0.1) is 0 Å². The van der Waals surface area contributed by atoms with E-state index in [2.05, 4.69) is 10.6 Å². The van der Waals surface area contributed by atoms with Crippen LogP contribution in [-0.2, 0) is 4.79 Å². The maximum absolute atomic E-state index is 14.6. The Morgan fingerprint density at radius 3 is 2.16 bits per heavy atom. The minimum Gasteiger partial charge on any atom is -0.497 e. The molecule has 0 aliphatic carbocycles. The van der Waals surface area contributed by atoms with E-state index in [9.17, 15) is 23.5 Å². The number of ether oxygens (including phenoxy) is 1. The van der Waals surface area contributed by atoms with Gasteiger partial charge in [-0.05, 0) is 29.8 Å². The number of anilines is 1. The van der Waals surface area contributed by atoms with Gasteiger partial charge in [0.2, 0.25) is 0 Å². The normalized spacial score (nSPS) is 15.0. The second-order valence-corrected chi connectivity index (χ2v) is 13.8. The van der Waals surface area contributed by atoms with Crippen molar-refractivity contribution in [1.29, 1.82) is 0 Å². The van der Waals surface area contributed by atoms with Gasteiger partial charge in [-0.1, -0.05) is 31.8 Å². The van der Waals surface area contributed by atoms with Gasteiger partial charge in [0.05, 0.1) is 34.4 Å². The van der Waals surface area contributed by atoms with Crippen LogP contribution in [0.15, 0.2) is 36.4 Å². The van der Waals surface area contributed by atoms with Crippen molar-refractivity contribution in [3.63, 3.8) is 0 Å². The highest BCUT2D eigenvalue weighted by Crippen LogP contribution is 2.22. The van der Waals surface area contributed by atoms with Crippen LogP contribution in [0.5, 0.6) is 5.75 Å². The molecule has 1 unspecified atom stereocenters. The second-order valence-electron chi connectivity index (χ2n) is 8.77. The standard InChI is InChI=1S/C22H27F2N3O4Si/c1-31-16-7-5-13(6-8-16)19(26-22(30)27-11-15(28)12-27)21(29)25-14-9-17(23)20(18(24)10-14)32(2,3)4/h5-10,15,19,28H,11-12H2,1-4H3,(H,25,29)(H,26,30). The van der Waals surface area contributed by atoms with Crippen LogP contribution < -0.4 is 20.6 Å². The van der Waals surface area contributed by atoms with E-state index in [0.29, 0.717) is 11.3 Å². The smallest absolute Gasteiger partial charge is 0.318 e. The van der Waals surface area contributed by atoms with E-state index < -0.39 is 43.8 Å². The zero-order valence-electron chi connectivity index (χ0n) is 18.4. The molecular formula is C22H27F2N3O4Si. The molecule has 1 fully saturated rings. The summed E-state index contributed by atoms with van der Waals surface area (Å²) in [6.45, 7) is 5.81. The lowest BCUT2D eigenvalue weighted by molar-refractivity contribution is -0.118. The highest BCUT2D eigenvalue weighted by atomic mass is 28.3. The van der Waals surface area contributed by atoms with E-state index in [1.54, 1.807) is 24.3 Å². The fourth-order valence-electron chi connectivity index (χ4n) is 3.51. The van der Waals surface area contributed by atoms with E-state index >= 15 is 0 Å². The number of aliphatic hydroxyl groups is 1. The minimum absolute atomic E-state index is 0.0425. The van der Waals surface area contributed by atoms with E-state index in [-0.39, 0.29) is 24.0 Å². The lowest BCUT2D eigenvalue weighted by atomic mass is 10.1. The molecule has 1 atom stereocenters. The molecule has 0 spiro atoms. The summed E-state index contributed by atoms with van der Waals surface area (Å²) in [6.07, 6.45) is -0.593. The van der Waals surface area contributed by atoms with Crippen molar-refractivity contribution in [1.82, 2.24) is 10.2 Å². The van der Waals surface area contributed by atoms with Crippen LogP contribution in [0.3, 0.4) is 0 Å². The Bertz CT molecular complexity index is 982. The number of rotatable bonds is 6. The number of carbonyl (C=O) groups is 2. The number of hydrogen-bond acceptors (Lipinski definition) is 4. The molecule has 0 aromatic heterocycles. The quantitative estimate of drug-likeness (QED) is 0.575. The van der Waals surface area contributed by atoms with Gasteiger partial charge in [0.15, 0.2) is 0 Å². The van der Waals surface area contributed by atoms with Gasteiger partial charge in [-0.3, -0.25) is 4.79 Å². The highest BCUT2D eigenvalue weighted by Gasteiger charge is 2.32. The summed E-state index contributed by atoms with van der Waals surface area (Å²) < 4.78 is 34.3. The number of methoxy groups -OCH3 is 1. The van der Waals surface area contributed by atoms with E-state index in [1.165, 1.54) is 12.0 Å². The maximum Gasteiger partial charge on any atom is 0.318 e. The van der Waals surface area contributed by atoms with E-state index in [4.69, 9.17) is 4.74 Å².